The lowest BCUT2D eigenvalue weighted by Crippen LogP contribution is -2.40. The summed E-state index contributed by atoms with van der Waals surface area (Å²) >= 11 is 6.10. The van der Waals surface area contributed by atoms with Gasteiger partial charge in [0.15, 0.2) is 26.5 Å². The minimum atomic E-state index is -0.831. The molecule has 0 N–H and O–H groups in total. The first kappa shape index (κ1) is 28.8. The maximum Gasteiger partial charge on any atom is 0.338 e. The van der Waals surface area contributed by atoms with E-state index >= 15 is 0 Å². The minimum Gasteiger partial charge on any atom is -0.493 e. The molecule has 3 aromatic heterocycles. The maximum atomic E-state index is 13.9. The number of ether oxygens (including phenoxy) is 3. The fraction of sp³-hybridized carbons (Fsp3) is 0.250. The summed E-state index contributed by atoms with van der Waals surface area (Å²) < 4.78 is 24.8. The molecular formula is C28H25BrN4O6S2. The van der Waals surface area contributed by atoms with E-state index in [2.05, 4.69) is 30.9 Å². The van der Waals surface area contributed by atoms with E-state index in [9.17, 15) is 9.59 Å². The van der Waals surface area contributed by atoms with Gasteiger partial charge in [0.2, 0.25) is 0 Å². The van der Waals surface area contributed by atoms with Gasteiger partial charge in [-0.2, -0.15) is 0 Å². The van der Waals surface area contributed by atoms with Crippen molar-refractivity contribution in [3.63, 3.8) is 0 Å². The summed E-state index contributed by atoms with van der Waals surface area (Å²) in [6, 6.07) is 8.04. The molecule has 1 aromatic carbocycles. The van der Waals surface area contributed by atoms with Crippen LogP contribution in [0.3, 0.4) is 0 Å². The fourth-order valence-electron chi connectivity index (χ4n) is 4.33. The lowest BCUT2D eigenvalue weighted by atomic mass is 9.95. The molecule has 4 heterocycles. The average molecular weight is 658 g/mol. The van der Waals surface area contributed by atoms with Crippen LogP contribution in [0.25, 0.3) is 6.08 Å². The Kier molecular flexibility index (Phi) is 8.47. The number of halogens is 1. The van der Waals surface area contributed by atoms with Gasteiger partial charge < -0.3 is 18.6 Å². The molecule has 0 aliphatic carbocycles. The Bertz CT molecular complexity index is 1860. The number of hydrogen-bond donors (Lipinski definition) is 0. The highest BCUT2D eigenvalue weighted by atomic mass is 79.9. The summed E-state index contributed by atoms with van der Waals surface area (Å²) in [4.78, 5) is 40.8. The number of carbonyl (C=O) groups excluding carboxylic acids is 1. The molecule has 0 fully saturated rings. The highest BCUT2D eigenvalue weighted by Gasteiger charge is 2.35. The third-order valence-corrected chi connectivity index (χ3v) is 8.62. The van der Waals surface area contributed by atoms with Crippen molar-refractivity contribution in [2.45, 2.75) is 37.1 Å². The third kappa shape index (κ3) is 5.74. The standard InChI is InChI=1S/C28H25BrN4O6S2/c1-6-38-26(35)23-15(3)32-28-33(24(23)17-12-19(36-4)20(37-5)13-18(17)29)25(34)21(40-28)11-16-7-8-22(39-16)41-27-30-10-9-14(2)31-27/h7-13,24H,6H2,1-5H3/b21-11+/t24-/m1/s1. The van der Waals surface area contributed by atoms with Crippen LogP contribution in [0.4, 0.5) is 0 Å². The van der Waals surface area contributed by atoms with Gasteiger partial charge in [-0.25, -0.2) is 19.8 Å². The Morgan fingerprint density at radius 1 is 1.20 bits per heavy atom. The summed E-state index contributed by atoms with van der Waals surface area (Å²) in [5.74, 6) is 0.872. The van der Waals surface area contributed by atoms with Gasteiger partial charge in [0, 0.05) is 22.4 Å². The number of benzene rings is 1. The maximum absolute atomic E-state index is 13.9. The van der Waals surface area contributed by atoms with E-state index in [1.165, 1.54) is 41.9 Å². The highest BCUT2D eigenvalue weighted by molar-refractivity contribution is 9.10. The number of allylic oxidation sites excluding steroid dienone is 1. The van der Waals surface area contributed by atoms with E-state index in [1.807, 2.05) is 13.0 Å². The van der Waals surface area contributed by atoms with Gasteiger partial charge in [-0.3, -0.25) is 9.36 Å². The van der Waals surface area contributed by atoms with Gasteiger partial charge in [-0.15, -0.1) is 0 Å². The summed E-state index contributed by atoms with van der Waals surface area (Å²) in [6.07, 6.45) is 3.35. The van der Waals surface area contributed by atoms with E-state index in [0.717, 1.165) is 5.69 Å². The molecule has 0 bridgehead atoms. The summed E-state index contributed by atoms with van der Waals surface area (Å²) in [5.41, 5.74) is 1.85. The smallest absolute Gasteiger partial charge is 0.338 e. The predicted molar refractivity (Wildman–Crippen MR) is 157 cm³/mol. The molecule has 1 atom stereocenters. The quantitative estimate of drug-likeness (QED) is 0.201. The molecule has 1 aliphatic rings. The van der Waals surface area contributed by atoms with Crippen molar-refractivity contribution in [1.82, 2.24) is 14.5 Å². The first-order valence-corrected chi connectivity index (χ1v) is 14.8. The van der Waals surface area contributed by atoms with Gasteiger partial charge >= 0.3 is 5.97 Å². The van der Waals surface area contributed by atoms with Crippen LogP contribution in [-0.4, -0.2) is 41.3 Å². The molecule has 212 valence electrons. The zero-order chi connectivity index (χ0) is 29.3. The fourth-order valence-corrected chi connectivity index (χ4v) is 6.65. The Morgan fingerprint density at radius 2 is 1.95 bits per heavy atom. The van der Waals surface area contributed by atoms with Crippen LogP contribution in [-0.2, 0) is 9.53 Å². The second-order valence-corrected chi connectivity index (χ2v) is 11.6. The number of fused-ring (bicyclic) bond motifs is 1. The average Bonchev–Trinajstić information content (AvgIpc) is 3.50. The number of methoxy groups -OCH3 is 2. The second kappa shape index (κ2) is 12.0. The largest absolute Gasteiger partial charge is 0.493 e. The van der Waals surface area contributed by atoms with Crippen LogP contribution < -0.4 is 24.4 Å². The number of esters is 1. The molecule has 13 heteroatoms. The number of thiazole rings is 1. The van der Waals surface area contributed by atoms with Crippen LogP contribution in [0.2, 0.25) is 0 Å². The van der Waals surface area contributed by atoms with Crippen LogP contribution >= 0.6 is 39.0 Å². The van der Waals surface area contributed by atoms with Gasteiger partial charge in [0.1, 0.15) is 5.76 Å². The number of carbonyl (C=O) groups is 1. The van der Waals surface area contributed by atoms with E-state index < -0.39 is 12.0 Å². The molecule has 0 saturated carbocycles. The van der Waals surface area contributed by atoms with Crippen molar-refractivity contribution < 1.29 is 23.4 Å². The molecule has 1 aliphatic heterocycles. The van der Waals surface area contributed by atoms with Crippen LogP contribution in [0.1, 0.15) is 36.9 Å². The van der Waals surface area contributed by atoms with E-state index in [1.54, 1.807) is 50.4 Å². The van der Waals surface area contributed by atoms with Crippen molar-refractivity contribution in [3.8, 4) is 11.5 Å². The number of aryl methyl sites for hydroxylation is 1. The summed E-state index contributed by atoms with van der Waals surface area (Å²) in [6.45, 7) is 5.52. The molecule has 10 nitrogen and oxygen atoms in total. The molecule has 5 rings (SSSR count). The first-order valence-electron chi connectivity index (χ1n) is 12.4. The zero-order valence-corrected chi connectivity index (χ0v) is 26.0. The Morgan fingerprint density at radius 3 is 2.66 bits per heavy atom. The van der Waals surface area contributed by atoms with Gasteiger partial charge in [-0.05, 0) is 68.4 Å². The third-order valence-electron chi connectivity index (χ3n) is 6.15. The second-order valence-electron chi connectivity index (χ2n) is 8.77. The van der Waals surface area contributed by atoms with Gasteiger partial charge in [0.05, 0.1) is 42.7 Å². The van der Waals surface area contributed by atoms with Gasteiger partial charge in [0.25, 0.3) is 5.56 Å². The highest BCUT2D eigenvalue weighted by Crippen LogP contribution is 2.40. The molecule has 41 heavy (non-hydrogen) atoms. The Balaban J connectivity index is 1.63. The van der Waals surface area contributed by atoms with Crippen molar-refractivity contribution >= 4 is 51.1 Å². The van der Waals surface area contributed by atoms with E-state index in [-0.39, 0.29) is 17.7 Å². The molecule has 0 saturated heterocycles. The molecular weight excluding hydrogens is 632 g/mol. The Labute approximate surface area is 251 Å². The number of aromatic nitrogens is 3. The SMILES string of the molecule is CCOC(=O)C1=C(C)N=c2s/c(=C/c3ccc(Sc4nccc(C)n4)o3)c(=O)n2[C@@H]1c1cc(OC)c(OC)cc1Br. The monoisotopic (exact) mass is 656 g/mol. The van der Waals surface area contributed by atoms with E-state index in [4.69, 9.17) is 18.6 Å². The van der Waals surface area contributed by atoms with Crippen LogP contribution in [0.15, 0.2) is 76.7 Å². The normalized spacial score (nSPS) is 15.0. The van der Waals surface area contributed by atoms with E-state index in [0.29, 0.717) is 52.6 Å². The number of furan rings is 1. The Hall–Kier alpha value is -3.68. The van der Waals surface area contributed by atoms with Gasteiger partial charge in [-0.1, -0.05) is 27.3 Å². The lowest BCUT2D eigenvalue weighted by Gasteiger charge is -2.26. The van der Waals surface area contributed by atoms with Crippen molar-refractivity contribution in [2.24, 2.45) is 4.99 Å². The summed E-state index contributed by atoms with van der Waals surface area (Å²) in [5, 5.41) is 1.15. The topological polar surface area (TPSA) is 118 Å². The number of rotatable bonds is 8. The molecule has 0 spiro atoms. The predicted octanol–water partition coefficient (Wildman–Crippen LogP) is 4.42. The molecule has 4 aromatic rings. The van der Waals surface area contributed by atoms with Crippen LogP contribution in [0, 0.1) is 6.92 Å². The molecule has 0 radical (unpaired) electrons. The van der Waals surface area contributed by atoms with Crippen molar-refractivity contribution in [1.29, 1.82) is 0 Å². The minimum absolute atomic E-state index is 0.173. The number of nitrogens with zero attached hydrogens (tertiary/aromatic N) is 4. The summed E-state index contributed by atoms with van der Waals surface area (Å²) in [7, 11) is 3.06. The van der Waals surface area contributed by atoms with Crippen molar-refractivity contribution in [2.75, 3.05) is 20.8 Å². The lowest BCUT2D eigenvalue weighted by molar-refractivity contribution is -0.139. The first-order chi connectivity index (χ1) is 19.7. The van der Waals surface area contributed by atoms with Crippen LogP contribution in [0.5, 0.6) is 11.5 Å². The van der Waals surface area contributed by atoms with Crippen molar-refractivity contribution in [3.05, 3.63) is 89.0 Å². The zero-order valence-electron chi connectivity index (χ0n) is 22.8. The molecule has 0 amide bonds. The molecule has 0 unspecified atom stereocenters. The number of hydrogen-bond acceptors (Lipinski definition) is 11.